The third-order valence-electron chi connectivity index (χ3n) is 4.18. The van der Waals surface area contributed by atoms with Gasteiger partial charge >= 0.3 is 0 Å². The number of amides is 1. The van der Waals surface area contributed by atoms with E-state index in [0.717, 1.165) is 23.6 Å². The Morgan fingerprint density at radius 3 is 2.41 bits per heavy atom. The molecule has 6 heteroatoms. The molecule has 0 bridgehead atoms. The van der Waals surface area contributed by atoms with Gasteiger partial charge < -0.3 is 15.1 Å². The van der Waals surface area contributed by atoms with Crippen LogP contribution in [0.25, 0.3) is 0 Å². The van der Waals surface area contributed by atoms with E-state index >= 15 is 0 Å². The number of aliphatic imine (C=N–C) groups is 1. The summed E-state index contributed by atoms with van der Waals surface area (Å²) in [6.07, 6.45) is 7.87. The van der Waals surface area contributed by atoms with Gasteiger partial charge in [-0.15, -0.1) is 0 Å². The van der Waals surface area contributed by atoms with Crippen LogP contribution in [-0.4, -0.2) is 47.7 Å². The quantitative estimate of drug-likeness (QED) is 0.471. The van der Waals surface area contributed by atoms with Crippen LogP contribution < -0.4 is 5.32 Å². The first-order valence-electron chi connectivity index (χ1n) is 9.17. The van der Waals surface area contributed by atoms with Gasteiger partial charge in [0.25, 0.3) is 0 Å². The maximum atomic E-state index is 13.2. The van der Waals surface area contributed by atoms with Crippen molar-refractivity contribution in [3.63, 3.8) is 0 Å². The van der Waals surface area contributed by atoms with E-state index in [0.29, 0.717) is 26.2 Å². The predicted molar refractivity (Wildman–Crippen MR) is 109 cm³/mol. The molecule has 0 aromatic heterocycles. The number of rotatable bonds is 6. The second kappa shape index (κ2) is 10.3. The number of piperazine rings is 1. The van der Waals surface area contributed by atoms with Gasteiger partial charge in [0.05, 0.1) is 5.70 Å². The molecule has 0 aliphatic carbocycles. The average Bonchev–Trinajstić information content (AvgIpc) is 2.70. The Labute approximate surface area is 160 Å². The lowest BCUT2D eigenvalue weighted by Crippen LogP contribution is -2.51. The van der Waals surface area contributed by atoms with Gasteiger partial charge in [0.15, 0.2) is 5.84 Å². The molecule has 0 saturated carbocycles. The molecule has 144 valence electrons. The molecule has 1 aliphatic rings. The first kappa shape index (κ1) is 20.4. The number of nitrogens with one attached hydrogen (secondary N) is 1. The summed E-state index contributed by atoms with van der Waals surface area (Å²) in [4.78, 5) is 20.4. The Morgan fingerprint density at radius 1 is 1.22 bits per heavy atom. The summed E-state index contributed by atoms with van der Waals surface area (Å²) in [5.41, 5.74) is 1.66. The molecule has 1 saturated heterocycles. The van der Waals surface area contributed by atoms with Crippen molar-refractivity contribution < 1.29 is 9.18 Å². The molecular weight excluding hydrogens is 343 g/mol. The standard InChI is InChI=1S/C21H27FN4O/c1-4-7-19(24-18-10-8-17(22)9-11-18)21(23-12-5-2)26-15-13-25(14-16-26)20(27)6-3/h5-12,24H,3-4,13-16H2,1-2H3/b12-5-,19-7-,23-21+. The molecule has 1 aliphatic heterocycles. The lowest BCUT2D eigenvalue weighted by atomic mass is 10.2. The maximum absolute atomic E-state index is 13.2. The van der Waals surface area contributed by atoms with Crippen LogP contribution in [0.4, 0.5) is 10.1 Å². The monoisotopic (exact) mass is 370 g/mol. The number of carbonyl (C=O) groups is 1. The van der Waals surface area contributed by atoms with Crippen LogP contribution >= 0.6 is 0 Å². The van der Waals surface area contributed by atoms with Crippen LogP contribution in [0.3, 0.4) is 0 Å². The normalized spacial score (nSPS) is 16.0. The van der Waals surface area contributed by atoms with E-state index in [1.54, 1.807) is 23.2 Å². The molecule has 27 heavy (non-hydrogen) atoms. The molecule has 0 radical (unpaired) electrons. The van der Waals surface area contributed by atoms with Crippen LogP contribution in [0.1, 0.15) is 20.3 Å². The van der Waals surface area contributed by atoms with Crippen molar-refractivity contribution in [3.05, 3.63) is 66.8 Å². The SMILES string of the molecule is C=CC(=O)N1CCN(C(=N/C=C\C)/C(=C/CC)Nc2ccc(F)cc2)CC1. The van der Waals surface area contributed by atoms with E-state index in [2.05, 4.69) is 34.8 Å². The molecule has 1 heterocycles. The van der Waals surface area contributed by atoms with Crippen molar-refractivity contribution >= 4 is 17.4 Å². The fourth-order valence-corrected chi connectivity index (χ4v) is 2.83. The molecule has 1 amide bonds. The molecule has 1 aromatic rings. The van der Waals surface area contributed by atoms with Gasteiger partial charge in [-0.25, -0.2) is 9.38 Å². The Kier molecular flexibility index (Phi) is 7.79. The van der Waals surface area contributed by atoms with E-state index in [1.165, 1.54) is 18.2 Å². The molecule has 1 aromatic carbocycles. The smallest absolute Gasteiger partial charge is 0.246 e. The highest BCUT2D eigenvalue weighted by Crippen LogP contribution is 2.16. The summed E-state index contributed by atoms with van der Waals surface area (Å²) in [6, 6.07) is 6.25. The van der Waals surface area contributed by atoms with Crippen molar-refractivity contribution in [2.45, 2.75) is 20.3 Å². The van der Waals surface area contributed by atoms with Crippen molar-refractivity contribution in [3.8, 4) is 0 Å². The molecule has 1 fully saturated rings. The summed E-state index contributed by atoms with van der Waals surface area (Å²) in [5, 5.41) is 3.35. The predicted octanol–water partition coefficient (Wildman–Crippen LogP) is 3.79. The number of anilines is 1. The number of carbonyl (C=O) groups excluding carboxylic acids is 1. The van der Waals surface area contributed by atoms with E-state index in [9.17, 15) is 9.18 Å². The summed E-state index contributed by atoms with van der Waals surface area (Å²) in [6.45, 7) is 10.1. The van der Waals surface area contributed by atoms with Gasteiger partial charge in [-0.3, -0.25) is 4.79 Å². The third-order valence-corrected chi connectivity index (χ3v) is 4.18. The minimum absolute atomic E-state index is 0.0460. The van der Waals surface area contributed by atoms with Gasteiger partial charge in [-0.1, -0.05) is 25.7 Å². The number of amidine groups is 1. The van der Waals surface area contributed by atoms with Crippen LogP contribution in [0.5, 0.6) is 0 Å². The second-order valence-corrected chi connectivity index (χ2v) is 6.11. The Balaban J connectivity index is 2.22. The lowest BCUT2D eigenvalue weighted by molar-refractivity contribution is -0.127. The fraction of sp³-hybridized carbons (Fsp3) is 0.333. The van der Waals surface area contributed by atoms with Gasteiger partial charge in [0, 0.05) is 38.1 Å². The van der Waals surface area contributed by atoms with Crippen LogP contribution in [0, 0.1) is 5.82 Å². The van der Waals surface area contributed by atoms with Crippen molar-refractivity contribution in [1.29, 1.82) is 0 Å². The largest absolute Gasteiger partial charge is 0.353 e. The summed E-state index contributed by atoms with van der Waals surface area (Å²) in [7, 11) is 0. The first-order valence-corrected chi connectivity index (χ1v) is 9.17. The Hall–Kier alpha value is -2.89. The van der Waals surface area contributed by atoms with Crippen LogP contribution in [0.15, 0.2) is 66.0 Å². The topological polar surface area (TPSA) is 47.9 Å². The summed E-state index contributed by atoms with van der Waals surface area (Å²) < 4.78 is 13.2. The fourth-order valence-electron chi connectivity index (χ4n) is 2.83. The van der Waals surface area contributed by atoms with Gasteiger partial charge in [-0.2, -0.15) is 0 Å². The maximum Gasteiger partial charge on any atom is 0.246 e. The highest BCUT2D eigenvalue weighted by atomic mass is 19.1. The lowest BCUT2D eigenvalue weighted by Gasteiger charge is -2.36. The zero-order valence-electron chi connectivity index (χ0n) is 16.0. The second-order valence-electron chi connectivity index (χ2n) is 6.11. The molecule has 5 nitrogen and oxygen atoms in total. The van der Waals surface area contributed by atoms with E-state index in [1.807, 2.05) is 13.0 Å². The molecule has 1 N–H and O–H groups in total. The number of benzene rings is 1. The number of hydrogen-bond donors (Lipinski definition) is 1. The number of halogens is 1. The first-order chi connectivity index (χ1) is 13.1. The van der Waals surface area contributed by atoms with Crippen LogP contribution in [0.2, 0.25) is 0 Å². The van der Waals surface area contributed by atoms with Crippen molar-refractivity contribution in [2.24, 2.45) is 4.99 Å². The zero-order chi connectivity index (χ0) is 19.6. The Morgan fingerprint density at radius 2 is 1.85 bits per heavy atom. The van der Waals surface area contributed by atoms with Crippen LogP contribution in [-0.2, 0) is 4.79 Å². The van der Waals surface area contributed by atoms with Gasteiger partial charge in [-0.05, 0) is 43.7 Å². The van der Waals surface area contributed by atoms with Gasteiger partial charge in [0.2, 0.25) is 5.91 Å². The van der Waals surface area contributed by atoms with E-state index < -0.39 is 0 Å². The highest BCUT2D eigenvalue weighted by Gasteiger charge is 2.23. The van der Waals surface area contributed by atoms with Gasteiger partial charge in [0.1, 0.15) is 5.82 Å². The summed E-state index contributed by atoms with van der Waals surface area (Å²) in [5.74, 6) is 0.493. The molecule has 0 spiro atoms. The van der Waals surface area contributed by atoms with Crippen molar-refractivity contribution in [2.75, 3.05) is 31.5 Å². The minimum atomic E-state index is -0.271. The zero-order valence-corrected chi connectivity index (χ0v) is 16.0. The molecular formula is C21H27FN4O. The highest BCUT2D eigenvalue weighted by molar-refractivity contribution is 6.01. The minimum Gasteiger partial charge on any atom is -0.353 e. The van der Waals surface area contributed by atoms with E-state index in [4.69, 9.17) is 0 Å². The third kappa shape index (κ3) is 5.81. The summed E-state index contributed by atoms with van der Waals surface area (Å²) >= 11 is 0. The molecule has 0 atom stereocenters. The Bertz CT molecular complexity index is 729. The molecule has 2 rings (SSSR count). The molecule has 0 unspecified atom stereocenters. The number of hydrogen-bond acceptors (Lipinski definition) is 3. The van der Waals surface area contributed by atoms with E-state index in [-0.39, 0.29) is 11.7 Å². The number of allylic oxidation sites excluding steroid dienone is 2. The average molecular weight is 370 g/mol. The van der Waals surface area contributed by atoms with Crippen molar-refractivity contribution in [1.82, 2.24) is 9.80 Å². The number of nitrogens with zero attached hydrogens (tertiary/aromatic N) is 3.